The average molecular weight is 1070 g/mol. The van der Waals surface area contributed by atoms with Crippen LogP contribution in [0.25, 0.3) is 0 Å². The SMILES string of the molecule is CC(=O)Cl.CO.COC(=O)[C@H](N)CCCN.Cl.Cl.Cl.Cl.Cl.Cl.Cl.NCCC[C@@H](N)C(=O)O.N[C@@H]1CCCNC1.N[C@@H]1CCCNC1.N[C@@H]1CCCNC1=O.N[C@@H]1CCCNC1=O. The second-order valence-corrected chi connectivity index (χ2v) is 13.2. The van der Waals surface area contributed by atoms with Gasteiger partial charge in [-0.15, -0.1) is 86.8 Å². The van der Waals surface area contributed by atoms with Gasteiger partial charge in [0.05, 0.1) is 19.2 Å². The van der Waals surface area contributed by atoms with E-state index in [4.69, 9.17) is 56.1 Å². The lowest BCUT2D eigenvalue weighted by molar-refractivity contribution is -0.142. The fourth-order valence-electron chi connectivity index (χ4n) is 4.42. The van der Waals surface area contributed by atoms with E-state index in [0.717, 1.165) is 78.5 Å². The van der Waals surface area contributed by atoms with Gasteiger partial charge in [0.1, 0.15) is 12.1 Å². The van der Waals surface area contributed by atoms with Crippen LogP contribution in [0.2, 0.25) is 0 Å². The third-order valence-corrected chi connectivity index (χ3v) is 7.59. The van der Waals surface area contributed by atoms with Crippen LogP contribution in [-0.2, 0) is 28.7 Å². The van der Waals surface area contributed by atoms with Gasteiger partial charge >= 0.3 is 11.9 Å². The topological polar surface area (TPSA) is 391 Å². The highest BCUT2D eigenvalue weighted by atomic mass is 35.5. The zero-order chi connectivity index (χ0) is 43.0. The third-order valence-electron chi connectivity index (χ3n) is 7.59. The number of amides is 2. The zero-order valence-electron chi connectivity index (χ0n) is 36.3. The van der Waals surface area contributed by atoms with Crippen LogP contribution in [0.1, 0.15) is 84.0 Å². The van der Waals surface area contributed by atoms with Crippen LogP contribution in [0, 0.1) is 0 Å². The maximum atomic E-state index is 10.6. The van der Waals surface area contributed by atoms with Crippen LogP contribution < -0.4 is 67.1 Å². The second-order valence-electron chi connectivity index (χ2n) is 12.7. The summed E-state index contributed by atoms with van der Waals surface area (Å²) in [5.74, 6) is -1.33. The minimum atomic E-state index is -0.955. The van der Waals surface area contributed by atoms with Gasteiger partial charge in [0.25, 0.3) is 0 Å². The first kappa shape index (κ1) is 88.2. The van der Waals surface area contributed by atoms with E-state index in [2.05, 4.69) is 37.6 Å². The molecule has 4 fully saturated rings. The van der Waals surface area contributed by atoms with Crippen LogP contribution in [0.4, 0.5) is 0 Å². The van der Waals surface area contributed by atoms with Crippen molar-refractivity contribution < 1.29 is 38.9 Å². The molecule has 4 aliphatic rings. The van der Waals surface area contributed by atoms with Gasteiger partial charge in [-0.05, 0) is 115 Å². The van der Waals surface area contributed by atoms with Gasteiger partial charge in [0.2, 0.25) is 17.1 Å². The summed E-state index contributed by atoms with van der Waals surface area (Å²) in [6.45, 7) is 8.30. The van der Waals surface area contributed by atoms with Crippen molar-refractivity contribution in [1.29, 1.82) is 0 Å². The standard InChI is InChI=1S/C6H14N2O2.C5H12N2O2.2C5H10N2O.2C5H12N2.C2H3ClO.CH4O.7ClH/c1-10-6(9)5(8)3-2-4-7;6-3-1-2-4(7)5(8)9;2*6-4-2-1-3-7-5(4)8;2*6-5-2-1-3-7-4-5;1-2(3)4;1-2;;;;;;;/h5H,2-4,7-8H2,1H3;4H,1-3,6-7H2,(H,8,9);2*4H,1-3,6H2,(H,7,8);2*5,7H,1-4,6H2;1H3;2H,1H3;7*1H/t5-;3*4-;2*5-;;;;;;;;;/m111111........./s1. The van der Waals surface area contributed by atoms with E-state index in [1.54, 1.807) is 0 Å². The van der Waals surface area contributed by atoms with Crippen LogP contribution in [0.5, 0.6) is 0 Å². The Morgan fingerprint density at radius 3 is 1.15 bits per heavy atom. The maximum absolute atomic E-state index is 10.6. The Labute approximate surface area is 418 Å². The molecule has 0 aromatic heterocycles. The Morgan fingerprint density at radius 1 is 0.661 bits per heavy atom. The normalized spacial score (nSPS) is 19.6. The molecule has 4 heterocycles. The highest BCUT2D eigenvalue weighted by molar-refractivity contribution is 6.62. The summed E-state index contributed by atoms with van der Waals surface area (Å²) in [5, 5.41) is 26.6. The molecule has 0 aromatic rings. The number of nitrogens with two attached hydrogens (primary N) is 8. The first-order chi connectivity index (χ1) is 26.0. The van der Waals surface area contributed by atoms with Gasteiger partial charge < -0.3 is 82.1 Å². The largest absolute Gasteiger partial charge is 0.480 e. The van der Waals surface area contributed by atoms with Crippen molar-refractivity contribution in [3.05, 3.63) is 0 Å². The van der Waals surface area contributed by atoms with E-state index in [1.807, 2.05) is 0 Å². The number of piperidine rings is 4. The van der Waals surface area contributed by atoms with Gasteiger partial charge in [-0.1, -0.05) is 0 Å². The highest BCUT2D eigenvalue weighted by Gasteiger charge is 2.17. The number of nitrogens with one attached hydrogen (secondary N) is 4. The molecule has 0 bridgehead atoms. The zero-order valence-corrected chi connectivity index (χ0v) is 42.8. The number of carboxylic acid groups (broad SMARTS) is 1. The van der Waals surface area contributed by atoms with Crippen LogP contribution in [0.3, 0.4) is 0 Å². The van der Waals surface area contributed by atoms with Gasteiger partial charge in [0.15, 0.2) is 0 Å². The molecule has 28 heteroatoms. The average Bonchev–Trinajstić information content (AvgIpc) is 3.17. The first-order valence-corrected chi connectivity index (χ1v) is 19.2. The second kappa shape index (κ2) is 64.7. The Hall–Kier alpha value is -0.570. The smallest absolute Gasteiger partial charge is 0.322 e. The predicted octanol–water partition coefficient (Wildman–Crippen LogP) is -0.463. The van der Waals surface area contributed by atoms with E-state index in [-0.39, 0.29) is 122 Å². The summed E-state index contributed by atoms with van der Waals surface area (Å²) in [6.07, 6.45) is 11.1. The van der Waals surface area contributed by atoms with E-state index in [9.17, 15) is 24.0 Å². The molecule has 4 saturated heterocycles. The van der Waals surface area contributed by atoms with Crippen molar-refractivity contribution in [1.82, 2.24) is 21.3 Å². The summed E-state index contributed by atoms with van der Waals surface area (Å²) in [4.78, 5) is 51.0. The number of esters is 1. The summed E-state index contributed by atoms with van der Waals surface area (Å²) < 4.78 is 4.40. The molecule has 20 nitrogen and oxygen atoms in total. The molecule has 2 amide bonds. The van der Waals surface area contributed by atoms with Gasteiger partial charge in [-0.2, -0.15) is 0 Å². The summed E-state index contributed by atoms with van der Waals surface area (Å²) in [5.41, 5.74) is 42.7. The number of rotatable bonds is 8. The molecule has 4 rings (SSSR count). The summed E-state index contributed by atoms with van der Waals surface area (Å²) in [7, 11) is 2.32. The van der Waals surface area contributed by atoms with Gasteiger partial charge in [-0.3, -0.25) is 24.0 Å². The number of halogens is 8. The van der Waals surface area contributed by atoms with Gasteiger partial charge in [-0.25, -0.2) is 0 Å². The van der Waals surface area contributed by atoms with Crippen LogP contribution in [-0.4, -0.2) is 142 Å². The van der Waals surface area contributed by atoms with Crippen molar-refractivity contribution in [3.63, 3.8) is 0 Å². The van der Waals surface area contributed by atoms with Crippen molar-refractivity contribution >= 4 is 127 Å². The van der Waals surface area contributed by atoms with E-state index < -0.39 is 18.1 Å². The molecule has 0 saturated carbocycles. The summed E-state index contributed by atoms with van der Waals surface area (Å²) >= 11 is 4.64. The predicted molar refractivity (Wildman–Crippen MR) is 268 cm³/mol. The number of aliphatic carboxylic acids is 1. The Kier molecular flexibility index (Phi) is 92.1. The Morgan fingerprint density at radius 2 is 0.968 bits per heavy atom. The number of ether oxygens (including phenoxy) is 1. The number of carbonyl (C=O) groups is 5. The maximum Gasteiger partial charge on any atom is 0.322 e. The molecule has 0 spiro atoms. The van der Waals surface area contributed by atoms with Gasteiger partial charge in [0, 0.05) is 52.3 Å². The lowest BCUT2D eigenvalue weighted by Crippen LogP contribution is -2.45. The molecule has 0 radical (unpaired) electrons. The quantitative estimate of drug-likeness (QED) is 0.108. The van der Waals surface area contributed by atoms with E-state index in [0.29, 0.717) is 44.4 Å². The van der Waals surface area contributed by atoms with Crippen molar-refractivity contribution in [3.8, 4) is 0 Å². The molecule has 6 atom stereocenters. The fourth-order valence-corrected chi connectivity index (χ4v) is 4.42. The molecule has 384 valence electrons. The number of aliphatic hydroxyl groups is 1. The molecular formula is C34H84Cl8N12O8. The molecule has 0 unspecified atom stereocenters. The minimum absolute atomic E-state index is 0. The van der Waals surface area contributed by atoms with Crippen molar-refractivity contribution in [2.24, 2.45) is 45.9 Å². The fraction of sp³-hybridized carbons (Fsp3) is 0.853. The van der Waals surface area contributed by atoms with Crippen LogP contribution in [0.15, 0.2) is 0 Å². The lowest BCUT2D eigenvalue weighted by Gasteiger charge is -2.17. The Balaban J connectivity index is -0.0000000535. The molecule has 0 aliphatic carbocycles. The minimum Gasteiger partial charge on any atom is -0.480 e. The van der Waals surface area contributed by atoms with Crippen molar-refractivity contribution in [2.75, 3.05) is 66.6 Å². The molecule has 0 aromatic carbocycles. The first-order valence-electron chi connectivity index (χ1n) is 18.9. The number of methoxy groups -OCH3 is 1. The number of carbonyl (C=O) groups excluding carboxylic acids is 4. The Bertz CT molecular complexity index is 931. The van der Waals surface area contributed by atoms with Crippen LogP contribution >= 0.6 is 98.5 Å². The van der Waals surface area contributed by atoms with Crippen molar-refractivity contribution in [2.45, 2.75) is 120 Å². The molecule has 22 N–H and O–H groups in total. The number of carboxylic acids is 1. The van der Waals surface area contributed by atoms with E-state index in [1.165, 1.54) is 39.7 Å². The monoisotopic (exact) mass is 1070 g/mol. The molecular weight excluding hydrogens is 988 g/mol. The molecule has 62 heavy (non-hydrogen) atoms. The highest BCUT2D eigenvalue weighted by Crippen LogP contribution is 2.00. The summed E-state index contributed by atoms with van der Waals surface area (Å²) in [6, 6.07) is -0.892. The molecule has 4 aliphatic heterocycles. The number of aliphatic hydroxyl groups excluding tert-OH is 1. The lowest BCUT2D eigenvalue weighted by atomic mass is 10.1. The third kappa shape index (κ3) is 66.0. The van der Waals surface area contributed by atoms with E-state index >= 15 is 0 Å². The number of hydrogen-bond acceptors (Lipinski definition) is 17. The number of hydrogen-bond donors (Lipinski definition) is 14.